The monoisotopic (exact) mass is 380 g/mol. The smallest absolute Gasteiger partial charge is 0.274 e. The lowest BCUT2D eigenvalue weighted by Crippen LogP contribution is -3.12. The first kappa shape index (κ1) is 18.8. The number of hydrogen-bond donors (Lipinski definition) is 1. The van der Waals surface area contributed by atoms with Crippen LogP contribution in [0, 0.1) is 5.82 Å². The standard InChI is InChI=1S/C18H23FN4O2S/c1-21-8-10-23(11-9-21)26(24,25)17-6-7-18(20-13-17)22(2)14-15-4-3-5-16(19)12-15/h3-7,12-13H,8-11,14H2,1-2H3/p+2. The number of nitrogens with one attached hydrogen (secondary N) is 2. The Morgan fingerprint density at radius 1 is 1.23 bits per heavy atom. The van der Waals surface area contributed by atoms with E-state index >= 15 is 0 Å². The molecular formula is C18H25FN4O2S+2. The molecule has 0 spiro atoms. The number of quaternary nitrogens is 1. The van der Waals surface area contributed by atoms with Gasteiger partial charge in [0.15, 0.2) is 0 Å². The number of hydrogen-bond acceptors (Lipinski definition) is 3. The highest BCUT2D eigenvalue weighted by Gasteiger charge is 2.30. The molecule has 2 heterocycles. The zero-order valence-electron chi connectivity index (χ0n) is 15.1. The van der Waals surface area contributed by atoms with Crippen molar-refractivity contribution in [2.45, 2.75) is 11.4 Å². The number of rotatable bonds is 5. The second-order valence-corrected chi connectivity index (χ2v) is 8.69. The number of pyridine rings is 1. The zero-order valence-corrected chi connectivity index (χ0v) is 15.9. The highest BCUT2D eigenvalue weighted by molar-refractivity contribution is 7.89. The number of H-pyrrole nitrogens is 1. The molecule has 2 aromatic rings. The molecule has 0 saturated carbocycles. The Bertz CT molecular complexity index is 850. The Kier molecular flexibility index (Phi) is 5.55. The Hall–Kier alpha value is -2.03. The van der Waals surface area contributed by atoms with Crippen LogP contribution in [0.1, 0.15) is 5.56 Å². The predicted octanol–water partition coefficient (Wildman–Crippen LogP) is -0.205. The van der Waals surface area contributed by atoms with Crippen LogP contribution in [0.25, 0.3) is 0 Å². The topological polar surface area (TPSA) is 59.2 Å². The molecule has 1 fully saturated rings. The van der Waals surface area contributed by atoms with Crippen LogP contribution >= 0.6 is 0 Å². The summed E-state index contributed by atoms with van der Waals surface area (Å²) in [4.78, 5) is 6.56. The van der Waals surface area contributed by atoms with Crippen LogP contribution in [0.5, 0.6) is 0 Å². The molecule has 0 radical (unpaired) electrons. The summed E-state index contributed by atoms with van der Waals surface area (Å²) in [5.74, 6) is 0.492. The van der Waals surface area contributed by atoms with Crippen LogP contribution in [-0.2, 0) is 16.6 Å². The summed E-state index contributed by atoms with van der Waals surface area (Å²) in [5, 5.41) is 0. The number of piperazine rings is 1. The molecule has 1 aliphatic rings. The second-order valence-electron chi connectivity index (χ2n) is 6.76. The van der Waals surface area contributed by atoms with Crippen molar-refractivity contribution < 1.29 is 22.7 Å². The highest BCUT2D eigenvalue weighted by atomic mass is 32.2. The number of anilines is 1. The van der Waals surface area contributed by atoms with Crippen molar-refractivity contribution in [2.75, 3.05) is 45.2 Å². The fourth-order valence-corrected chi connectivity index (χ4v) is 4.46. The molecule has 8 heteroatoms. The molecule has 1 aromatic carbocycles. The molecule has 140 valence electrons. The lowest BCUT2D eigenvalue weighted by atomic mass is 10.2. The van der Waals surface area contributed by atoms with Crippen LogP contribution in [0.3, 0.4) is 0 Å². The van der Waals surface area contributed by atoms with Crippen LogP contribution in [0.4, 0.5) is 10.2 Å². The van der Waals surface area contributed by atoms with Crippen LogP contribution in [-0.4, -0.2) is 53.0 Å². The Morgan fingerprint density at radius 3 is 2.58 bits per heavy atom. The third kappa shape index (κ3) is 4.20. The third-order valence-corrected chi connectivity index (χ3v) is 6.60. The van der Waals surface area contributed by atoms with Gasteiger partial charge in [0, 0.05) is 6.07 Å². The average Bonchev–Trinajstić information content (AvgIpc) is 2.62. The number of aromatic nitrogens is 1. The molecule has 26 heavy (non-hydrogen) atoms. The predicted molar refractivity (Wildman–Crippen MR) is 96.9 cm³/mol. The Labute approximate surface area is 153 Å². The largest absolute Gasteiger partial charge is 0.335 e. The number of benzene rings is 1. The van der Waals surface area contributed by atoms with Crippen molar-refractivity contribution in [2.24, 2.45) is 0 Å². The molecular weight excluding hydrogens is 355 g/mol. The van der Waals surface area contributed by atoms with E-state index < -0.39 is 10.0 Å². The fourth-order valence-electron chi connectivity index (χ4n) is 3.05. The van der Waals surface area contributed by atoms with Crippen molar-refractivity contribution in [3.63, 3.8) is 0 Å². The van der Waals surface area contributed by atoms with Gasteiger partial charge in [-0.25, -0.2) is 17.8 Å². The Morgan fingerprint density at radius 2 is 1.96 bits per heavy atom. The van der Waals surface area contributed by atoms with Gasteiger partial charge in [-0.15, -0.1) is 0 Å². The van der Waals surface area contributed by atoms with E-state index in [-0.39, 0.29) is 10.7 Å². The van der Waals surface area contributed by atoms with Gasteiger partial charge in [0.05, 0.1) is 40.3 Å². The van der Waals surface area contributed by atoms with Crippen molar-refractivity contribution in [3.8, 4) is 0 Å². The van der Waals surface area contributed by atoms with Crippen LogP contribution in [0.2, 0.25) is 0 Å². The van der Waals surface area contributed by atoms with Gasteiger partial charge < -0.3 is 4.90 Å². The van der Waals surface area contributed by atoms with Crippen molar-refractivity contribution >= 4 is 15.8 Å². The number of aromatic amines is 1. The summed E-state index contributed by atoms with van der Waals surface area (Å²) < 4.78 is 40.3. The van der Waals surface area contributed by atoms with Crippen LogP contribution < -0.4 is 14.8 Å². The summed E-state index contributed by atoms with van der Waals surface area (Å²) in [5.41, 5.74) is 0.845. The summed E-state index contributed by atoms with van der Waals surface area (Å²) in [7, 11) is 0.468. The van der Waals surface area contributed by atoms with Crippen molar-refractivity contribution in [3.05, 3.63) is 54.0 Å². The van der Waals surface area contributed by atoms with Crippen LogP contribution in [0.15, 0.2) is 47.5 Å². The van der Waals surface area contributed by atoms with Gasteiger partial charge in [-0.05, 0) is 23.8 Å². The minimum atomic E-state index is -3.47. The maximum absolute atomic E-state index is 13.3. The molecule has 0 aliphatic carbocycles. The minimum absolute atomic E-state index is 0.264. The zero-order chi connectivity index (χ0) is 18.7. The fraction of sp³-hybridized carbons (Fsp3) is 0.389. The average molecular weight is 380 g/mol. The Balaban J connectivity index is 1.71. The van der Waals surface area contributed by atoms with Gasteiger partial charge in [0.2, 0.25) is 10.0 Å². The van der Waals surface area contributed by atoms with Crippen molar-refractivity contribution in [1.82, 2.24) is 4.31 Å². The minimum Gasteiger partial charge on any atom is -0.335 e. The molecule has 0 amide bonds. The second kappa shape index (κ2) is 7.69. The number of sulfonamides is 1. The molecule has 0 unspecified atom stereocenters. The summed E-state index contributed by atoms with van der Waals surface area (Å²) in [6.07, 6.45) is 1.53. The van der Waals surface area contributed by atoms with E-state index in [1.54, 1.807) is 22.5 Å². The summed E-state index contributed by atoms with van der Waals surface area (Å²) in [6, 6.07) is 9.80. The first-order chi connectivity index (χ1) is 12.4. The highest BCUT2D eigenvalue weighted by Crippen LogP contribution is 2.17. The molecule has 1 aromatic heterocycles. The summed E-state index contributed by atoms with van der Waals surface area (Å²) in [6.45, 7) is 3.22. The van der Waals surface area contributed by atoms with Gasteiger partial charge in [-0.2, -0.15) is 4.31 Å². The first-order valence-corrected chi connectivity index (χ1v) is 10.1. The lowest BCUT2D eigenvalue weighted by molar-refractivity contribution is -0.883. The quantitative estimate of drug-likeness (QED) is 0.781. The molecule has 3 rings (SSSR count). The van der Waals surface area contributed by atoms with E-state index in [1.807, 2.05) is 18.0 Å². The maximum atomic E-state index is 13.3. The number of halogens is 1. The van der Waals surface area contributed by atoms with E-state index in [9.17, 15) is 12.8 Å². The molecule has 1 aliphatic heterocycles. The van der Waals surface area contributed by atoms with E-state index in [0.29, 0.717) is 19.6 Å². The molecule has 6 nitrogen and oxygen atoms in total. The van der Waals surface area contributed by atoms with E-state index in [0.717, 1.165) is 24.5 Å². The summed E-state index contributed by atoms with van der Waals surface area (Å²) >= 11 is 0. The van der Waals surface area contributed by atoms with Gasteiger partial charge in [0.1, 0.15) is 23.5 Å². The normalized spacial score (nSPS) is 16.6. The van der Waals surface area contributed by atoms with Crippen molar-refractivity contribution in [1.29, 1.82) is 0 Å². The maximum Gasteiger partial charge on any atom is 0.274 e. The number of nitrogens with zero attached hydrogens (tertiary/aromatic N) is 2. The third-order valence-electron chi connectivity index (χ3n) is 4.70. The van der Waals surface area contributed by atoms with Gasteiger partial charge in [-0.1, -0.05) is 12.1 Å². The molecule has 0 bridgehead atoms. The number of likely N-dealkylation sites (N-methyl/N-ethyl adjacent to an activating group) is 1. The molecule has 0 atom stereocenters. The van der Waals surface area contributed by atoms with Gasteiger partial charge >= 0.3 is 0 Å². The SMILES string of the molecule is CN(Cc1cccc(F)c1)c1ccc(S(=O)(=O)N2CC[NH+](C)CC2)c[nH+]1. The lowest BCUT2D eigenvalue weighted by Gasteiger charge is -2.29. The van der Waals surface area contributed by atoms with Gasteiger partial charge in [-0.3, -0.25) is 4.90 Å². The molecule has 1 saturated heterocycles. The van der Waals surface area contributed by atoms with Gasteiger partial charge in [0.25, 0.3) is 5.82 Å². The first-order valence-electron chi connectivity index (χ1n) is 8.65. The van der Waals surface area contributed by atoms with E-state index in [1.165, 1.54) is 23.2 Å². The van der Waals surface area contributed by atoms with E-state index in [2.05, 4.69) is 12.0 Å². The molecule has 2 N–H and O–H groups in total. The van der Waals surface area contributed by atoms with E-state index in [4.69, 9.17) is 0 Å².